The van der Waals surface area contributed by atoms with E-state index in [0.717, 1.165) is 28.1 Å². The predicted octanol–water partition coefficient (Wildman–Crippen LogP) is 4.62. The van der Waals surface area contributed by atoms with Crippen LogP contribution in [-0.4, -0.2) is 28.0 Å². The van der Waals surface area contributed by atoms with Gasteiger partial charge in [-0.1, -0.05) is 11.6 Å². The summed E-state index contributed by atoms with van der Waals surface area (Å²) in [6.45, 7) is 4.18. The molecule has 1 aromatic carbocycles. The summed E-state index contributed by atoms with van der Waals surface area (Å²) in [6, 6.07) is 5.73. The van der Waals surface area contributed by atoms with E-state index in [-0.39, 0.29) is 12.3 Å². The summed E-state index contributed by atoms with van der Waals surface area (Å²) < 4.78 is 13.1. The molecular weight excluding hydrogens is 364 g/mol. The smallest absolute Gasteiger partial charge is 0.356 e. The summed E-state index contributed by atoms with van der Waals surface area (Å²) in [5, 5.41) is 17.8. The summed E-state index contributed by atoms with van der Waals surface area (Å²) in [5.74, 6) is 0.294. The molecule has 3 heterocycles. The number of hydrogen-bond acceptors (Lipinski definition) is 5. The molecule has 4 rings (SSSR count). The monoisotopic (exact) mass is 382 g/mol. The standard InChI is InChI=1S/C20H18N2O4S/c1-11(2)6-12-7-14-17(8-16(12)25-3)26-9-15-18(20(23)24)21-22(19(14)15)13-4-5-27-10-13/h4-8,10H,9H2,1-3H3,(H,23,24). The molecule has 2 aromatic heterocycles. The minimum absolute atomic E-state index is 0.0152. The highest BCUT2D eigenvalue weighted by atomic mass is 32.1. The maximum Gasteiger partial charge on any atom is 0.356 e. The summed E-state index contributed by atoms with van der Waals surface area (Å²) >= 11 is 1.53. The van der Waals surface area contributed by atoms with Gasteiger partial charge in [-0.15, -0.1) is 0 Å². The number of thiophene rings is 1. The second-order valence-corrected chi connectivity index (χ2v) is 7.25. The van der Waals surface area contributed by atoms with Crippen LogP contribution in [0.5, 0.6) is 11.5 Å². The van der Waals surface area contributed by atoms with E-state index in [1.165, 1.54) is 11.3 Å². The number of rotatable bonds is 4. The number of benzene rings is 1. The van der Waals surface area contributed by atoms with Gasteiger partial charge >= 0.3 is 5.97 Å². The van der Waals surface area contributed by atoms with Crippen LogP contribution in [0.2, 0.25) is 0 Å². The first kappa shape index (κ1) is 17.4. The zero-order valence-electron chi connectivity index (χ0n) is 15.1. The van der Waals surface area contributed by atoms with Crippen LogP contribution in [0.25, 0.3) is 23.0 Å². The Kier molecular flexibility index (Phi) is 4.24. The normalized spacial score (nSPS) is 12.0. The Bertz CT molecular complexity index is 1060. The zero-order chi connectivity index (χ0) is 19.1. The van der Waals surface area contributed by atoms with Crippen LogP contribution in [-0.2, 0) is 6.61 Å². The summed E-state index contributed by atoms with van der Waals surface area (Å²) in [5.41, 5.74) is 5.01. The summed E-state index contributed by atoms with van der Waals surface area (Å²) in [4.78, 5) is 11.7. The van der Waals surface area contributed by atoms with Crippen molar-refractivity contribution >= 4 is 23.4 Å². The number of carboxylic acid groups (broad SMARTS) is 1. The maximum atomic E-state index is 11.7. The van der Waals surface area contributed by atoms with Gasteiger partial charge in [0.05, 0.1) is 24.1 Å². The van der Waals surface area contributed by atoms with Gasteiger partial charge in [-0.3, -0.25) is 0 Å². The molecule has 3 aromatic rings. The molecule has 1 N–H and O–H groups in total. The first-order valence-corrected chi connectivity index (χ1v) is 9.31. The highest BCUT2D eigenvalue weighted by molar-refractivity contribution is 7.08. The minimum Gasteiger partial charge on any atom is -0.496 e. The van der Waals surface area contributed by atoms with Gasteiger partial charge < -0.3 is 14.6 Å². The van der Waals surface area contributed by atoms with Gasteiger partial charge in [-0.05, 0) is 31.4 Å². The SMILES string of the molecule is COc1cc2c(cc1C=C(C)C)-c1c(c(C(=O)O)nn1-c1ccsc1)CO2. The molecule has 0 radical (unpaired) electrons. The number of ether oxygens (including phenoxy) is 2. The van der Waals surface area contributed by atoms with Crippen molar-refractivity contribution in [3.05, 3.63) is 51.4 Å². The number of nitrogens with zero attached hydrogens (tertiary/aromatic N) is 2. The lowest BCUT2D eigenvalue weighted by atomic mass is 9.98. The molecule has 0 bridgehead atoms. The van der Waals surface area contributed by atoms with Crippen LogP contribution in [0, 0.1) is 0 Å². The highest BCUT2D eigenvalue weighted by Crippen LogP contribution is 2.44. The second kappa shape index (κ2) is 6.59. The minimum atomic E-state index is -1.06. The molecule has 0 spiro atoms. The van der Waals surface area contributed by atoms with E-state index in [4.69, 9.17) is 9.47 Å². The van der Waals surface area contributed by atoms with E-state index in [1.807, 2.05) is 48.9 Å². The Morgan fingerprint density at radius 1 is 1.41 bits per heavy atom. The van der Waals surface area contributed by atoms with Crippen LogP contribution in [0.4, 0.5) is 0 Å². The Morgan fingerprint density at radius 2 is 2.22 bits per heavy atom. The Morgan fingerprint density at radius 3 is 2.85 bits per heavy atom. The third-order valence-electron chi connectivity index (χ3n) is 4.34. The molecule has 6 nitrogen and oxygen atoms in total. The molecule has 0 amide bonds. The predicted molar refractivity (Wildman–Crippen MR) is 104 cm³/mol. The fourth-order valence-corrected chi connectivity index (χ4v) is 3.85. The molecular formula is C20H18N2O4S. The van der Waals surface area contributed by atoms with E-state index >= 15 is 0 Å². The lowest BCUT2D eigenvalue weighted by Gasteiger charge is -2.21. The van der Waals surface area contributed by atoms with E-state index in [2.05, 4.69) is 5.10 Å². The molecule has 0 aliphatic carbocycles. The van der Waals surface area contributed by atoms with Gasteiger partial charge in [0.2, 0.25) is 0 Å². The molecule has 7 heteroatoms. The van der Waals surface area contributed by atoms with E-state index in [0.29, 0.717) is 17.1 Å². The Labute approximate surface area is 160 Å². The van der Waals surface area contributed by atoms with E-state index < -0.39 is 5.97 Å². The van der Waals surface area contributed by atoms with Gasteiger partial charge in [-0.25, -0.2) is 9.48 Å². The van der Waals surface area contributed by atoms with Gasteiger partial charge in [0, 0.05) is 22.6 Å². The topological polar surface area (TPSA) is 73.6 Å². The van der Waals surface area contributed by atoms with Crippen molar-refractivity contribution in [2.75, 3.05) is 7.11 Å². The molecule has 138 valence electrons. The largest absolute Gasteiger partial charge is 0.496 e. The van der Waals surface area contributed by atoms with Crippen molar-refractivity contribution in [1.29, 1.82) is 0 Å². The van der Waals surface area contributed by atoms with Crippen LogP contribution < -0.4 is 9.47 Å². The molecule has 0 atom stereocenters. The molecule has 0 saturated carbocycles. The first-order chi connectivity index (χ1) is 13.0. The molecule has 0 unspecified atom stereocenters. The molecule has 27 heavy (non-hydrogen) atoms. The second-order valence-electron chi connectivity index (χ2n) is 6.47. The van der Waals surface area contributed by atoms with Crippen LogP contribution in [0.3, 0.4) is 0 Å². The van der Waals surface area contributed by atoms with Crippen molar-refractivity contribution in [1.82, 2.24) is 9.78 Å². The maximum absolute atomic E-state index is 11.7. The number of carbonyl (C=O) groups is 1. The average molecular weight is 382 g/mol. The number of allylic oxidation sites excluding steroid dienone is 1. The Hall–Kier alpha value is -3.06. The van der Waals surface area contributed by atoms with Crippen molar-refractivity contribution in [3.63, 3.8) is 0 Å². The molecule has 0 fully saturated rings. The number of fused-ring (bicyclic) bond motifs is 3. The average Bonchev–Trinajstić information content (AvgIpc) is 3.28. The van der Waals surface area contributed by atoms with E-state index in [1.54, 1.807) is 11.8 Å². The van der Waals surface area contributed by atoms with Crippen molar-refractivity contribution in [2.24, 2.45) is 0 Å². The number of carboxylic acids is 1. The van der Waals surface area contributed by atoms with Crippen LogP contribution >= 0.6 is 11.3 Å². The van der Waals surface area contributed by atoms with Gasteiger partial charge in [0.1, 0.15) is 18.1 Å². The fourth-order valence-electron chi connectivity index (χ4n) is 3.23. The Balaban J connectivity index is 2.02. The number of methoxy groups -OCH3 is 1. The molecule has 1 aliphatic rings. The zero-order valence-corrected chi connectivity index (χ0v) is 16.0. The lowest BCUT2D eigenvalue weighted by molar-refractivity contribution is 0.0687. The van der Waals surface area contributed by atoms with Gasteiger partial charge in [0.25, 0.3) is 0 Å². The van der Waals surface area contributed by atoms with Gasteiger partial charge in [0.15, 0.2) is 5.69 Å². The fraction of sp³-hybridized carbons (Fsp3) is 0.200. The van der Waals surface area contributed by atoms with Gasteiger partial charge in [-0.2, -0.15) is 16.4 Å². The highest BCUT2D eigenvalue weighted by Gasteiger charge is 2.31. The van der Waals surface area contributed by atoms with Crippen LogP contribution in [0.1, 0.15) is 35.5 Å². The number of aromatic nitrogens is 2. The van der Waals surface area contributed by atoms with Crippen molar-refractivity contribution in [2.45, 2.75) is 20.5 Å². The quantitative estimate of drug-likeness (QED) is 0.712. The summed E-state index contributed by atoms with van der Waals surface area (Å²) in [7, 11) is 1.62. The summed E-state index contributed by atoms with van der Waals surface area (Å²) in [6.07, 6.45) is 2.02. The lowest BCUT2D eigenvalue weighted by Crippen LogP contribution is -2.10. The third kappa shape index (κ3) is 2.90. The van der Waals surface area contributed by atoms with Crippen LogP contribution in [0.15, 0.2) is 34.5 Å². The van der Waals surface area contributed by atoms with Crippen molar-refractivity contribution in [3.8, 4) is 28.4 Å². The third-order valence-corrected chi connectivity index (χ3v) is 5.01. The molecule has 1 aliphatic heterocycles. The van der Waals surface area contributed by atoms with Crippen molar-refractivity contribution < 1.29 is 19.4 Å². The molecule has 0 saturated heterocycles. The first-order valence-electron chi connectivity index (χ1n) is 8.37. The number of aromatic carboxylic acids is 1. The number of hydrogen-bond donors (Lipinski definition) is 1. The van der Waals surface area contributed by atoms with E-state index in [9.17, 15) is 9.90 Å².